The van der Waals surface area contributed by atoms with Crippen molar-refractivity contribution in [2.75, 3.05) is 0 Å². The van der Waals surface area contributed by atoms with Crippen LogP contribution in [0.2, 0.25) is 0 Å². The summed E-state index contributed by atoms with van der Waals surface area (Å²) in [5.41, 5.74) is 2.88. The molecule has 0 fully saturated rings. The largest absolute Gasteiger partial charge is 0.305 e. The molecular formula is C20H15N5O3S. The highest BCUT2D eigenvalue weighted by atomic mass is 32.2. The lowest BCUT2D eigenvalue weighted by Gasteiger charge is -2.14. The van der Waals surface area contributed by atoms with Crippen molar-refractivity contribution < 1.29 is 4.92 Å². The number of hydrogen-bond acceptors (Lipinski definition) is 7. The van der Waals surface area contributed by atoms with E-state index in [9.17, 15) is 14.9 Å². The molecule has 9 heteroatoms. The molecule has 0 spiro atoms. The predicted octanol–water partition coefficient (Wildman–Crippen LogP) is 3.85. The van der Waals surface area contributed by atoms with Gasteiger partial charge in [0.05, 0.1) is 21.5 Å². The first-order valence-corrected chi connectivity index (χ1v) is 9.49. The molecule has 0 aliphatic rings. The van der Waals surface area contributed by atoms with E-state index in [0.717, 1.165) is 35.3 Å². The van der Waals surface area contributed by atoms with Crippen LogP contribution in [0.15, 0.2) is 70.0 Å². The highest BCUT2D eigenvalue weighted by Gasteiger charge is 2.16. The predicted molar refractivity (Wildman–Crippen MR) is 110 cm³/mol. The number of benzene rings is 2. The number of nitro groups is 1. The van der Waals surface area contributed by atoms with Gasteiger partial charge in [0.15, 0.2) is 10.3 Å². The summed E-state index contributed by atoms with van der Waals surface area (Å²) >= 11 is 1.08. The van der Waals surface area contributed by atoms with Crippen LogP contribution in [0.4, 0.5) is 5.69 Å². The van der Waals surface area contributed by atoms with Crippen molar-refractivity contribution >= 4 is 28.4 Å². The lowest BCUT2D eigenvalue weighted by molar-refractivity contribution is -0.385. The maximum Gasteiger partial charge on any atom is 0.305 e. The van der Waals surface area contributed by atoms with Gasteiger partial charge in [-0.3, -0.25) is 19.5 Å². The Kier molecular flexibility index (Phi) is 4.81. The van der Waals surface area contributed by atoms with Gasteiger partial charge in [0, 0.05) is 0 Å². The topological polar surface area (TPSA) is 104 Å². The Hall–Kier alpha value is -3.59. The first-order chi connectivity index (χ1) is 13.9. The van der Waals surface area contributed by atoms with Gasteiger partial charge in [0.25, 0.3) is 5.56 Å². The van der Waals surface area contributed by atoms with E-state index in [1.165, 1.54) is 4.57 Å². The van der Waals surface area contributed by atoms with Crippen molar-refractivity contribution in [2.45, 2.75) is 24.2 Å². The lowest BCUT2D eigenvalue weighted by Crippen LogP contribution is -2.22. The molecule has 2 aromatic heterocycles. The van der Waals surface area contributed by atoms with E-state index in [2.05, 4.69) is 15.0 Å². The summed E-state index contributed by atoms with van der Waals surface area (Å²) in [4.78, 5) is 36.2. The zero-order chi connectivity index (χ0) is 20.5. The molecule has 2 heterocycles. The van der Waals surface area contributed by atoms with Gasteiger partial charge in [-0.25, -0.2) is 15.0 Å². The summed E-state index contributed by atoms with van der Waals surface area (Å²) in [6, 6.07) is 13.0. The smallest absolute Gasteiger partial charge is 0.268 e. The average molecular weight is 405 g/mol. The Balaban J connectivity index is 1.91. The molecule has 2 aromatic carbocycles. The van der Waals surface area contributed by atoms with Gasteiger partial charge < -0.3 is 0 Å². The molecule has 0 saturated heterocycles. The molecule has 0 atom stereocenters. The fourth-order valence-electron chi connectivity index (χ4n) is 3.03. The maximum atomic E-state index is 13.3. The molecule has 4 rings (SSSR count). The average Bonchev–Trinajstić information content (AvgIpc) is 2.68. The molecule has 0 N–H and O–H groups in total. The van der Waals surface area contributed by atoms with Crippen LogP contribution in [0.3, 0.4) is 0 Å². The molecule has 0 aliphatic carbocycles. The number of aromatic nitrogens is 4. The quantitative estimate of drug-likeness (QED) is 0.288. The van der Waals surface area contributed by atoms with Crippen LogP contribution >= 0.6 is 11.8 Å². The Morgan fingerprint density at radius 3 is 2.34 bits per heavy atom. The van der Waals surface area contributed by atoms with Gasteiger partial charge in [-0.05, 0) is 61.0 Å². The third-order valence-electron chi connectivity index (χ3n) is 4.22. The molecule has 0 radical (unpaired) electrons. The lowest BCUT2D eigenvalue weighted by atomic mass is 10.1. The number of fused-ring (bicyclic) bond motifs is 1. The van der Waals surface area contributed by atoms with Gasteiger partial charge in [0.2, 0.25) is 0 Å². The molecule has 8 nitrogen and oxygen atoms in total. The van der Waals surface area contributed by atoms with E-state index in [0.29, 0.717) is 21.7 Å². The van der Waals surface area contributed by atoms with E-state index in [4.69, 9.17) is 0 Å². The molecule has 4 aromatic rings. The van der Waals surface area contributed by atoms with Gasteiger partial charge in [0.1, 0.15) is 12.4 Å². The van der Waals surface area contributed by atoms with Crippen LogP contribution in [0.5, 0.6) is 0 Å². The molecular weight excluding hydrogens is 390 g/mol. The number of hydrogen-bond donors (Lipinski definition) is 0. The van der Waals surface area contributed by atoms with E-state index in [1.54, 1.807) is 18.2 Å². The Morgan fingerprint density at radius 1 is 1.03 bits per heavy atom. The van der Waals surface area contributed by atoms with Crippen molar-refractivity contribution in [1.29, 1.82) is 0 Å². The van der Waals surface area contributed by atoms with Gasteiger partial charge in [-0.2, -0.15) is 0 Å². The third-order valence-corrected chi connectivity index (χ3v) is 5.07. The van der Waals surface area contributed by atoms with Crippen molar-refractivity contribution in [3.8, 4) is 5.69 Å². The maximum absolute atomic E-state index is 13.3. The van der Waals surface area contributed by atoms with Gasteiger partial charge in [-0.1, -0.05) is 18.2 Å². The normalized spacial score (nSPS) is 11.0. The number of aryl methyl sites for hydroxylation is 2. The molecule has 0 bridgehead atoms. The highest BCUT2D eigenvalue weighted by Crippen LogP contribution is 2.27. The number of para-hydroxylation sites is 1. The Labute approximate surface area is 169 Å². The molecule has 0 unspecified atom stereocenters. The van der Waals surface area contributed by atoms with E-state index in [-0.39, 0.29) is 16.4 Å². The number of nitrogens with zero attached hydrogens (tertiary/aromatic N) is 5. The highest BCUT2D eigenvalue weighted by molar-refractivity contribution is 7.99. The van der Waals surface area contributed by atoms with Crippen molar-refractivity contribution in [3.63, 3.8) is 0 Å². The molecule has 144 valence electrons. The van der Waals surface area contributed by atoms with Crippen LogP contribution in [-0.4, -0.2) is 24.4 Å². The summed E-state index contributed by atoms with van der Waals surface area (Å²) in [7, 11) is 0. The van der Waals surface area contributed by atoms with Crippen molar-refractivity contribution in [1.82, 2.24) is 19.5 Å². The molecule has 0 saturated carbocycles. The molecule has 0 amide bonds. The van der Waals surface area contributed by atoms with Gasteiger partial charge in [-0.15, -0.1) is 0 Å². The van der Waals surface area contributed by atoms with Crippen LogP contribution in [0.25, 0.3) is 16.6 Å². The first kappa shape index (κ1) is 18.8. The Bertz CT molecular complexity index is 1280. The SMILES string of the molecule is Cc1cc(C)cc(-n2c(Sc3ncc([N+](=O)[O-])cn3)nc3ccccc3c2=O)c1. The van der Waals surface area contributed by atoms with E-state index < -0.39 is 4.92 Å². The Morgan fingerprint density at radius 2 is 1.69 bits per heavy atom. The van der Waals surface area contributed by atoms with Crippen LogP contribution in [-0.2, 0) is 0 Å². The zero-order valence-corrected chi connectivity index (χ0v) is 16.4. The van der Waals surface area contributed by atoms with Crippen LogP contribution in [0.1, 0.15) is 11.1 Å². The van der Waals surface area contributed by atoms with E-state index >= 15 is 0 Å². The first-order valence-electron chi connectivity index (χ1n) is 8.67. The van der Waals surface area contributed by atoms with Crippen LogP contribution in [0, 0.1) is 24.0 Å². The van der Waals surface area contributed by atoms with E-state index in [1.807, 2.05) is 38.1 Å². The van der Waals surface area contributed by atoms with Gasteiger partial charge >= 0.3 is 5.69 Å². The van der Waals surface area contributed by atoms with Crippen molar-refractivity contribution in [2.24, 2.45) is 0 Å². The monoisotopic (exact) mass is 405 g/mol. The second kappa shape index (κ2) is 7.44. The second-order valence-electron chi connectivity index (χ2n) is 6.48. The van der Waals surface area contributed by atoms with Crippen molar-refractivity contribution in [3.05, 3.63) is 86.5 Å². The minimum absolute atomic E-state index is 0.201. The second-order valence-corrected chi connectivity index (χ2v) is 7.42. The number of rotatable bonds is 4. The zero-order valence-electron chi connectivity index (χ0n) is 15.6. The summed E-state index contributed by atoms with van der Waals surface area (Å²) in [6.45, 7) is 3.92. The van der Waals surface area contributed by atoms with Crippen LogP contribution < -0.4 is 5.56 Å². The minimum Gasteiger partial charge on any atom is -0.268 e. The summed E-state index contributed by atoms with van der Waals surface area (Å²) in [5.74, 6) is 0. The summed E-state index contributed by atoms with van der Waals surface area (Å²) < 4.78 is 1.53. The summed E-state index contributed by atoms with van der Waals surface area (Å²) in [6.07, 6.45) is 2.27. The molecule has 29 heavy (non-hydrogen) atoms. The molecule has 0 aliphatic heterocycles. The summed E-state index contributed by atoms with van der Waals surface area (Å²) in [5, 5.41) is 12.0. The standard InChI is InChI=1S/C20H15N5O3S/c1-12-7-13(2)9-14(8-12)24-18(26)16-5-3-4-6-17(16)23-20(24)29-19-21-10-15(11-22-19)25(27)28/h3-11H,1-2H3. The fraction of sp³-hybridized carbons (Fsp3) is 0.100. The minimum atomic E-state index is -0.561. The third kappa shape index (κ3) is 3.72. The fourth-order valence-corrected chi connectivity index (χ4v) is 3.82.